The highest BCUT2D eigenvalue weighted by molar-refractivity contribution is 6.23. The van der Waals surface area contributed by atoms with Gasteiger partial charge in [0.15, 0.2) is 0 Å². The molecule has 0 aliphatic rings. The summed E-state index contributed by atoms with van der Waals surface area (Å²) < 4.78 is 6.54. The molecule has 0 bridgehead atoms. The van der Waals surface area contributed by atoms with Gasteiger partial charge in [-0.3, -0.25) is 0 Å². The van der Waals surface area contributed by atoms with E-state index >= 15 is 0 Å². The van der Waals surface area contributed by atoms with E-state index in [0.29, 0.717) is 0 Å². The monoisotopic (exact) mass is 596 g/mol. The molecule has 9 aromatic carbocycles. The van der Waals surface area contributed by atoms with Crippen LogP contribution in [0.5, 0.6) is 0 Å². The quantitative estimate of drug-likeness (QED) is 0.185. The highest BCUT2D eigenvalue weighted by Gasteiger charge is 2.18. The first-order chi connectivity index (χ1) is 23.3. The Morgan fingerprint density at radius 3 is 1.57 bits per heavy atom. The molecule has 0 aliphatic carbocycles. The van der Waals surface area contributed by atoms with Crippen LogP contribution in [-0.2, 0) is 0 Å². The fourth-order valence-electron chi connectivity index (χ4n) is 7.71. The first-order valence-electron chi connectivity index (χ1n) is 16.2. The zero-order chi connectivity index (χ0) is 30.9. The molecule has 1 heterocycles. The Morgan fingerprint density at radius 1 is 0.298 bits per heavy atom. The summed E-state index contributed by atoms with van der Waals surface area (Å²) in [6.45, 7) is 0. The first kappa shape index (κ1) is 26.1. The van der Waals surface area contributed by atoms with Gasteiger partial charge >= 0.3 is 0 Å². The van der Waals surface area contributed by atoms with E-state index in [2.05, 4.69) is 170 Å². The third-order valence-corrected chi connectivity index (χ3v) is 9.84. The third-order valence-electron chi connectivity index (χ3n) is 9.84. The summed E-state index contributed by atoms with van der Waals surface area (Å²) in [6.07, 6.45) is 0. The predicted molar refractivity (Wildman–Crippen MR) is 200 cm³/mol. The molecule has 218 valence electrons. The molecule has 0 radical (unpaired) electrons. The molecule has 0 saturated heterocycles. The van der Waals surface area contributed by atoms with Crippen LogP contribution in [0.3, 0.4) is 0 Å². The second-order valence-corrected chi connectivity index (χ2v) is 12.4. The molecule has 47 heavy (non-hydrogen) atoms. The summed E-state index contributed by atoms with van der Waals surface area (Å²) in [7, 11) is 0. The van der Waals surface area contributed by atoms with E-state index in [-0.39, 0.29) is 0 Å². The van der Waals surface area contributed by atoms with Gasteiger partial charge in [0.25, 0.3) is 0 Å². The van der Waals surface area contributed by atoms with E-state index in [1.54, 1.807) is 0 Å². The standard InChI is InChI=1S/C46H28O/c1-3-16-34-29(11-1)13-10-22-37(34)45-40-20-7-5-18-38(40)44(39-19-6-8-21-41(39)45)33-15-9-14-31(27-33)32-24-25-36-42-26-23-30-12-2-4-17-35(30)46(42)47-43(36)28-32/h1-28H. The lowest BCUT2D eigenvalue weighted by molar-refractivity contribution is 0.673. The number of rotatable bonds is 3. The molecular weight excluding hydrogens is 569 g/mol. The molecule has 0 saturated carbocycles. The fourth-order valence-corrected chi connectivity index (χ4v) is 7.71. The molecule has 1 heteroatoms. The van der Waals surface area contributed by atoms with Gasteiger partial charge in [0, 0.05) is 16.2 Å². The van der Waals surface area contributed by atoms with Crippen LogP contribution >= 0.6 is 0 Å². The lowest BCUT2D eigenvalue weighted by Crippen LogP contribution is -1.92. The maximum absolute atomic E-state index is 6.54. The normalized spacial score (nSPS) is 11.8. The molecule has 0 amide bonds. The fraction of sp³-hybridized carbons (Fsp3) is 0. The smallest absolute Gasteiger partial charge is 0.143 e. The van der Waals surface area contributed by atoms with E-state index in [1.165, 1.54) is 65.5 Å². The average Bonchev–Trinajstić information content (AvgIpc) is 3.52. The molecule has 0 fully saturated rings. The minimum atomic E-state index is 0.912. The summed E-state index contributed by atoms with van der Waals surface area (Å²) in [5, 5.41) is 12.2. The van der Waals surface area contributed by atoms with Crippen molar-refractivity contribution in [2.24, 2.45) is 0 Å². The lowest BCUT2D eigenvalue weighted by Gasteiger charge is -2.19. The zero-order valence-electron chi connectivity index (χ0n) is 25.6. The number of hydrogen-bond acceptors (Lipinski definition) is 1. The number of fused-ring (bicyclic) bond motifs is 8. The van der Waals surface area contributed by atoms with Crippen molar-refractivity contribution in [1.29, 1.82) is 0 Å². The average molecular weight is 597 g/mol. The van der Waals surface area contributed by atoms with Gasteiger partial charge in [-0.2, -0.15) is 0 Å². The first-order valence-corrected chi connectivity index (χ1v) is 16.2. The Bertz CT molecular complexity index is 2790. The van der Waals surface area contributed by atoms with Gasteiger partial charge in [0.2, 0.25) is 0 Å². The molecule has 0 unspecified atom stereocenters. The van der Waals surface area contributed by atoms with Gasteiger partial charge < -0.3 is 4.42 Å². The number of hydrogen-bond donors (Lipinski definition) is 0. The van der Waals surface area contributed by atoms with E-state index in [4.69, 9.17) is 4.42 Å². The van der Waals surface area contributed by atoms with Crippen LogP contribution in [0.15, 0.2) is 174 Å². The van der Waals surface area contributed by atoms with Crippen molar-refractivity contribution in [3.63, 3.8) is 0 Å². The molecule has 0 atom stereocenters. The predicted octanol–water partition coefficient (Wildman–Crippen LogP) is 13.2. The van der Waals surface area contributed by atoms with Crippen LogP contribution < -0.4 is 0 Å². The summed E-state index contributed by atoms with van der Waals surface area (Å²) in [5.41, 5.74) is 9.19. The van der Waals surface area contributed by atoms with Crippen LogP contribution in [0.4, 0.5) is 0 Å². The lowest BCUT2D eigenvalue weighted by atomic mass is 9.84. The van der Waals surface area contributed by atoms with E-state index < -0.39 is 0 Å². The number of furan rings is 1. The van der Waals surface area contributed by atoms with Crippen molar-refractivity contribution in [1.82, 2.24) is 0 Å². The maximum atomic E-state index is 6.54. The summed E-state index contributed by atoms with van der Waals surface area (Å²) in [6, 6.07) is 61.6. The second kappa shape index (κ2) is 10.2. The zero-order valence-corrected chi connectivity index (χ0v) is 25.6. The van der Waals surface area contributed by atoms with Gasteiger partial charge in [0.05, 0.1) is 0 Å². The molecule has 0 N–H and O–H groups in total. The van der Waals surface area contributed by atoms with E-state index in [1.807, 2.05) is 0 Å². The molecule has 0 spiro atoms. The maximum Gasteiger partial charge on any atom is 0.143 e. The number of benzene rings is 9. The van der Waals surface area contributed by atoms with Crippen molar-refractivity contribution in [2.45, 2.75) is 0 Å². The van der Waals surface area contributed by atoms with Gasteiger partial charge in [-0.15, -0.1) is 0 Å². The summed E-state index contributed by atoms with van der Waals surface area (Å²) in [4.78, 5) is 0. The Kier molecular flexibility index (Phi) is 5.64. The van der Waals surface area contributed by atoms with Crippen molar-refractivity contribution in [3.05, 3.63) is 170 Å². The highest BCUT2D eigenvalue weighted by atomic mass is 16.3. The summed E-state index contributed by atoms with van der Waals surface area (Å²) >= 11 is 0. The Morgan fingerprint density at radius 2 is 0.830 bits per heavy atom. The Labute approximate surface area is 271 Å². The van der Waals surface area contributed by atoms with Gasteiger partial charge in [-0.05, 0) is 95.3 Å². The van der Waals surface area contributed by atoms with Crippen LogP contribution in [0.1, 0.15) is 0 Å². The molecular formula is C46H28O. The molecule has 10 aromatic rings. The van der Waals surface area contributed by atoms with Crippen LogP contribution in [0.25, 0.3) is 98.4 Å². The highest BCUT2D eigenvalue weighted by Crippen LogP contribution is 2.46. The molecule has 1 aromatic heterocycles. The van der Waals surface area contributed by atoms with Crippen LogP contribution in [0, 0.1) is 0 Å². The molecule has 1 nitrogen and oxygen atoms in total. The SMILES string of the molecule is c1cc(-c2ccc3c(c2)oc2c4ccccc4ccc32)cc(-c2c3ccccc3c(-c3cccc4ccccc34)c3ccccc23)c1. The van der Waals surface area contributed by atoms with Crippen molar-refractivity contribution < 1.29 is 4.42 Å². The topological polar surface area (TPSA) is 13.1 Å². The molecule has 10 rings (SSSR count). The van der Waals surface area contributed by atoms with Crippen LogP contribution in [-0.4, -0.2) is 0 Å². The minimum Gasteiger partial charge on any atom is -0.455 e. The van der Waals surface area contributed by atoms with Crippen LogP contribution in [0.2, 0.25) is 0 Å². The van der Waals surface area contributed by atoms with Gasteiger partial charge in [0.1, 0.15) is 11.2 Å². The minimum absolute atomic E-state index is 0.912. The van der Waals surface area contributed by atoms with E-state index in [9.17, 15) is 0 Å². The van der Waals surface area contributed by atoms with Crippen molar-refractivity contribution >= 4 is 65.0 Å². The van der Waals surface area contributed by atoms with Crippen molar-refractivity contribution in [2.75, 3.05) is 0 Å². The third kappa shape index (κ3) is 3.97. The molecule has 0 aliphatic heterocycles. The summed E-state index contributed by atoms with van der Waals surface area (Å²) in [5.74, 6) is 0. The Balaban J connectivity index is 1.19. The second-order valence-electron chi connectivity index (χ2n) is 12.4. The Hall–Kier alpha value is -6.18. The largest absolute Gasteiger partial charge is 0.455 e. The van der Waals surface area contributed by atoms with E-state index in [0.717, 1.165) is 32.9 Å². The van der Waals surface area contributed by atoms with Gasteiger partial charge in [-0.25, -0.2) is 0 Å². The van der Waals surface area contributed by atoms with Crippen molar-refractivity contribution in [3.8, 4) is 33.4 Å². The van der Waals surface area contributed by atoms with Gasteiger partial charge in [-0.1, -0.05) is 146 Å².